The number of hydrogen-bond acceptors (Lipinski definition) is 3. The summed E-state index contributed by atoms with van der Waals surface area (Å²) in [6.45, 7) is 11.3. The summed E-state index contributed by atoms with van der Waals surface area (Å²) in [5.74, 6) is 0.216. The maximum Gasteiger partial charge on any atom is 0.326 e. The van der Waals surface area contributed by atoms with Gasteiger partial charge in [0.25, 0.3) is 0 Å². The van der Waals surface area contributed by atoms with Gasteiger partial charge in [-0.25, -0.2) is 4.79 Å². The number of rotatable bonds is 8. The van der Waals surface area contributed by atoms with Crippen LogP contribution in [0, 0.1) is 11.8 Å². The molecule has 2 atom stereocenters. The standard InChI is InChI=1S/C16H19N3O3.C8H18N/c17-12(15(20)19-7-3-6-14(19)16(21)22)8-10-9-18-13-5-2-1-4-11(10)13;1-7(2)5-9-6-8(3)4/h1-2,4-5,9,12,14,18H,3,6-8,17H2,(H,21,22);7-8H,5-6H2,1-4H3/q;-1/t12-,14-;/m1./s1. The molecule has 7 heteroatoms. The summed E-state index contributed by atoms with van der Waals surface area (Å²) in [5.41, 5.74) is 8.02. The van der Waals surface area contributed by atoms with E-state index in [4.69, 9.17) is 5.73 Å². The van der Waals surface area contributed by atoms with E-state index >= 15 is 0 Å². The normalized spacial score (nSPS) is 17.1. The lowest BCUT2D eigenvalue weighted by Crippen LogP contribution is -2.49. The van der Waals surface area contributed by atoms with Crippen molar-refractivity contribution in [2.24, 2.45) is 17.6 Å². The predicted molar refractivity (Wildman–Crippen MR) is 125 cm³/mol. The van der Waals surface area contributed by atoms with Crippen LogP contribution in [0.2, 0.25) is 0 Å². The van der Waals surface area contributed by atoms with Crippen molar-refractivity contribution in [3.63, 3.8) is 0 Å². The number of para-hydroxylation sites is 1. The number of carbonyl (C=O) groups excluding carboxylic acids is 1. The molecule has 2 aromatic rings. The number of carboxylic acid groups (broad SMARTS) is 1. The first-order valence-electron chi connectivity index (χ1n) is 11.2. The van der Waals surface area contributed by atoms with E-state index in [9.17, 15) is 14.7 Å². The van der Waals surface area contributed by atoms with Crippen LogP contribution in [0.4, 0.5) is 0 Å². The van der Waals surface area contributed by atoms with Gasteiger partial charge in [0.15, 0.2) is 0 Å². The Morgan fingerprint density at radius 3 is 2.45 bits per heavy atom. The van der Waals surface area contributed by atoms with Crippen LogP contribution in [0.3, 0.4) is 0 Å². The van der Waals surface area contributed by atoms with Gasteiger partial charge < -0.3 is 26.0 Å². The number of carbonyl (C=O) groups is 2. The number of H-pyrrole nitrogens is 1. The van der Waals surface area contributed by atoms with Gasteiger partial charge in [-0.15, -0.1) is 13.1 Å². The number of nitrogens with two attached hydrogens (primary N) is 1. The highest BCUT2D eigenvalue weighted by Crippen LogP contribution is 2.22. The molecule has 0 radical (unpaired) electrons. The van der Waals surface area contributed by atoms with Crippen molar-refractivity contribution in [3.05, 3.63) is 41.3 Å². The van der Waals surface area contributed by atoms with E-state index in [0.717, 1.165) is 41.4 Å². The van der Waals surface area contributed by atoms with Crippen LogP contribution in [-0.4, -0.2) is 58.6 Å². The third-order valence-electron chi connectivity index (χ3n) is 5.24. The average Bonchev–Trinajstić information content (AvgIpc) is 3.35. The number of aromatic nitrogens is 1. The van der Waals surface area contributed by atoms with Gasteiger partial charge in [0, 0.05) is 23.6 Å². The highest BCUT2D eigenvalue weighted by molar-refractivity contribution is 5.89. The third-order valence-corrected chi connectivity index (χ3v) is 5.24. The van der Waals surface area contributed by atoms with Gasteiger partial charge >= 0.3 is 5.97 Å². The van der Waals surface area contributed by atoms with Crippen LogP contribution in [0.1, 0.15) is 46.1 Å². The summed E-state index contributed by atoms with van der Waals surface area (Å²) in [7, 11) is 0. The second kappa shape index (κ2) is 11.9. The minimum atomic E-state index is -0.954. The summed E-state index contributed by atoms with van der Waals surface area (Å²) in [6.07, 6.45) is 3.46. The SMILES string of the molecule is CC(C)C[N-]CC(C)C.N[C@H](Cc1c[nH]c2ccccc12)C(=O)N1CCC[C@@H]1C(=O)O. The minimum absolute atomic E-state index is 0.282. The number of carboxylic acids is 1. The summed E-state index contributed by atoms with van der Waals surface area (Å²) in [4.78, 5) is 28.2. The van der Waals surface area contributed by atoms with Gasteiger partial charge in [0.1, 0.15) is 6.04 Å². The molecule has 31 heavy (non-hydrogen) atoms. The van der Waals surface area contributed by atoms with Crippen molar-refractivity contribution in [1.82, 2.24) is 9.88 Å². The quantitative estimate of drug-likeness (QED) is 0.592. The second-order valence-corrected chi connectivity index (χ2v) is 9.07. The van der Waals surface area contributed by atoms with Crippen molar-refractivity contribution in [2.45, 2.75) is 59.0 Å². The van der Waals surface area contributed by atoms with E-state index in [1.165, 1.54) is 4.90 Å². The van der Waals surface area contributed by atoms with Gasteiger partial charge in [0.2, 0.25) is 5.91 Å². The Hall–Kier alpha value is -2.38. The first kappa shape index (κ1) is 24.9. The Balaban J connectivity index is 0.000000323. The monoisotopic (exact) mass is 429 g/mol. The summed E-state index contributed by atoms with van der Waals surface area (Å²) in [5, 5.41) is 14.6. The molecule has 172 valence electrons. The van der Waals surface area contributed by atoms with Crippen molar-refractivity contribution < 1.29 is 14.7 Å². The highest BCUT2D eigenvalue weighted by Gasteiger charge is 2.36. The van der Waals surface area contributed by atoms with Crippen LogP contribution in [0.5, 0.6) is 0 Å². The molecule has 1 saturated heterocycles. The molecule has 0 bridgehead atoms. The number of aromatic amines is 1. The van der Waals surface area contributed by atoms with Crippen LogP contribution in [-0.2, 0) is 16.0 Å². The molecular formula is C24H37N4O3-. The highest BCUT2D eigenvalue weighted by atomic mass is 16.4. The van der Waals surface area contributed by atoms with E-state index in [1.807, 2.05) is 30.5 Å². The molecule has 0 spiro atoms. The Bertz CT molecular complexity index is 838. The zero-order valence-electron chi connectivity index (χ0n) is 19.2. The molecule has 1 aromatic heterocycles. The molecule has 1 amide bonds. The van der Waals surface area contributed by atoms with E-state index in [2.05, 4.69) is 38.0 Å². The van der Waals surface area contributed by atoms with E-state index in [-0.39, 0.29) is 5.91 Å². The maximum atomic E-state index is 12.4. The fraction of sp³-hybridized carbons (Fsp3) is 0.583. The molecule has 7 nitrogen and oxygen atoms in total. The molecule has 0 aliphatic carbocycles. The van der Waals surface area contributed by atoms with Gasteiger partial charge in [0.05, 0.1) is 6.04 Å². The van der Waals surface area contributed by atoms with E-state index in [0.29, 0.717) is 25.8 Å². The van der Waals surface area contributed by atoms with Gasteiger partial charge in [-0.1, -0.05) is 57.7 Å². The van der Waals surface area contributed by atoms with Crippen molar-refractivity contribution >= 4 is 22.8 Å². The van der Waals surface area contributed by atoms with Gasteiger partial charge in [-0.2, -0.15) is 0 Å². The number of amides is 1. The smallest absolute Gasteiger partial charge is 0.326 e. The van der Waals surface area contributed by atoms with Crippen LogP contribution < -0.4 is 5.73 Å². The summed E-state index contributed by atoms with van der Waals surface area (Å²) >= 11 is 0. The van der Waals surface area contributed by atoms with Crippen LogP contribution in [0.15, 0.2) is 30.5 Å². The fourth-order valence-corrected chi connectivity index (χ4v) is 3.72. The molecule has 1 aromatic carbocycles. The Morgan fingerprint density at radius 2 is 1.84 bits per heavy atom. The van der Waals surface area contributed by atoms with Gasteiger partial charge in [-0.05, 0) is 30.9 Å². The molecular weight excluding hydrogens is 392 g/mol. The summed E-state index contributed by atoms with van der Waals surface area (Å²) in [6, 6.07) is 6.37. The number of hydrogen-bond donors (Lipinski definition) is 3. The number of nitrogens with one attached hydrogen (secondary N) is 1. The lowest BCUT2D eigenvalue weighted by atomic mass is 10.0. The molecule has 1 aliphatic heterocycles. The molecule has 4 N–H and O–H groups in total. The first-order valence-corrected chi connectivity index (χ1v) is 11.2. The minimum Gasteiger partial charge on any atom is -0.662 e. The number of nitrogens with zero attached hydrogens (tertiary/aromatic N) is 2. The van der Waals surface area contributed by atoms with Crippen molar-refractivity contribution in [3.8, 4) is 0 Å². The molecule has 0 saturated carbocycles. The van der Waals surface area contributed by atoms with Crippen molar-refractivity contribution in [1.29, 1.82) is 0 Å². The van der Waals surface area contributed by atoms with Gasteiger partial charge in [-0.3, -0.25) is 4.79 Å². The lowest BCUT2D eigenvalue weighted by molar-refractivity contribution is -0.148. The first-order chi connectivity index (χ1) is 14.7. The predicted octanol–water partition coefficient (Wildman–Crippen LogP) is 3.79. The topological polar surface area (TPSA) is 114 Å². The zero-order valence-corrected chi connectivity index (χ0v) is 19.2. The molecule has 2 heterocycles. The van der Waals surface area contributed by atoms with Crippen molar-refractivity contribution in [2.75, 3.05) is 19.6 Å². The molecule has 1 aliphatic rings. The second-order valence-electron chi connectivity index (χ2n) is 9.07. The summed E-state index contributed by atoms with van der Waals surface area (Å²) < 4.78 is 0. The number of fused-ring (bicyclic) bond motifs is 1. The average molecular weight is 430 g/mol. The largest absolute Gasteiger partial charge is 0.662 e. The molecule has 1 fully saturated rings. The Labute approximate surface area is 185 Å². The zero-order chi connectivity index (χ0) is 23.0. The third kappa shape index (κ3) is 7.36. The van der Waals surface area contributed by atoms with Crippen LogP contribution >= 0.6 is 0 Å². The number of likely N-dealkylation sites (tertiary alicyclic amines) is 1. The fourth-order valence-electron chi connectivity index (χ4n) is 3.72. The number of benzene rings is 1. The molecule has 3 rings (SSSR count). The number of aliphatic carboxylic acids is 1. The molecule has 0 unspecified atom stereocenters. The van der Waals surface area contributed by atoms with Crippen LogP contribution in [0.25, 0.3) is 16.2 Å². The van der Waals surface area contributed by atoms with E-state index in [1.54, 1.807) is 0 Å². The van der Waals surface area contributed by atoms with E-state index < -0.39 is 18.1 Å². The Kier molecular flexibility index (Phi) is 9.52. The maximum absolute atomic E-state index is 12.4. The Morgan fingerprint density at radius 1 is 1.19 bits per heavy atom. The lowest BCUT2D eigenvalue weighted by Gasteiger charge is -2.24.